The van der Waals surface area contributed by atoms with Gasteiger partial charge in [-0.3, -0.25) is 4.99 Å². The number of methoxy groups -OCH3 is 1. The molecule has 0 spiro atoms. The van der Waals surface area contributed by atoms with Crippen LogP contribution in [0.3, 0.4) is 0 Å². The predicted octanol–water partition coefficient (Wildman–Crippen LogP) is 4.01. The number of aliphatic imine (C=N–C) groups is 1. The Kier molecular flexibility index (Phi) is 12.1. The second kappa shape index (κ2) is 13.2. The van der Waals surface area contributed by atoms with E-state index in [1.165, 1.54) is 25.7 Å². The molecule has 25 heavy (non-hydrogen) atoms. The molecule has 2 N–H and O–H groups in total. The maximum atomic E-state index is 5.30. The van der Waals surface area contributed by atoms with Crippen molar-refractivity contribution in [2.45, 2.75) is 42.9 Å². The lowest BCUT2D eigenvalue weighted by Gasteiger charge is -2.29. The molecule has 0 atom stereocenters. The molecular formula is C17H31IN4OS2. The van der Waals surface area contributed by atoms with Crippen LogP contribution in [0.15, 0.2) is 20.9 Å². The fraction of sp³-hybridized carbons (Fsp3) is 0.765. The Balaban J connectivity index is 0.00000312. The standard InChI is InChI=1S/C17H30N4OS2.HI/c1-18-15(19-9-5-12-23-16-20-10-13-24-16)21-14-17(8-11-22-2)6-3-4-7-17;/h10,13H,3-9,11-12,14H2,1-2H3,(H2,18,19,21);1H. The normalized spacial score (nSPS) is 16.5. The number of thioether (sulfide) groups is 1. The molecule has 1 heterocycles. The SMILES string of the molecule is CN=C(NCCCSc1nccs1)NCC1(CCOC)CCCC1.I. The predicted molar refractivity (Wildman–Crippen MR) is 120 cm³/mol. The van der Waals surface area contributed by atoms with Crippen LogP contribution in [0.25, 0.3) is 0 Å². The summed E-state index contributed by atoms with van der Waals surface area (Å²) in [7, 11) is 3.64. The number of thiazole rings is 1. The number of ether oxygens (including phenoxy) is 1. The zero-order valence-corrected chi connectivity index (χ0v) is 19.2. The molecule has 0 unspecified atom stereocenters. The highest BCUT2D eigenvalue weighted by atomic mass is 127. The third-order valence-corrected chi connectivity index (χ3v) is 6.66. The first-order valence-electron chi connectivity index (χ1n) is 8.74. The summed E-state index contributed by atoms with van der Waals surface area (Å²) in [6.45, 7) is 2.77. The Morgan fingerprint density at radius 3 is 2.84 bits per heavy atom. The van der Waals surface area contributed by atoms with Crippen LogP contribution >= 0.6 is 47.1 Å². The number of nitrogens with one attached hydrogen (secondary N) is 2. The number of guanidine groups is 1. The minimum Gasteiger partial charge on any atom is -0.385 e. The zero-order valence-electron chi connectivity index (χ0n) is 15.3. The van der Waals surface area contributed by atoms with Gasteiger partial charge in [0.05, 0.1) is 0 Å². The summed E-state index contributed by atoms with van der Waals surface area (Å²) < 4.78 is 6.46. The third-order valence-electron chi connectivity index (χ3n) is 4.60. The number of aromatic nitrogens is 1. The van der Waals surface area contributed by atoms with E-state index in [1.54, 1.807) is 18.4 Å². The van der Waals surface area contributed by atoms with E-state index < -0.39 is 0 Å². The van der Waals surface area contributed by atoms with E-state index in [0.29, 0.717) is 5.41 Å². The topological polar surface area (TPSA) is 58.5 Å². The van der Waals surface area contributed by atoms with Gasteiger partial charge in [0.25, 0.3) is 0 Å². The maximum absolute atomic E-state index is 5.30. The summed E-state index contributed by atoms with van der Waals surface area (Å²) in [5.74, 6) is 1.99. The largest absolute Gasteiger partial charge is 0.385 e. The average Bonchev–Trinajstić information content (AvgIpc) is 3.28. The van der Waals surface area contributed by atoms with E-state index >= 15 is 0 Å². The first kappa shape index (κ1) is 23.0. The lowest BCUT2D eigenvalue weighted by Crippen LogP contribution is -2.43. The van der Waals surface area contributed by atoms with Crippen molar-refractivity contribution in [3.8, 4) is 0 Å². The van der Waals surface area contributed by atoms with Gasteiger partial charge in [0.2, 0.25) is 0 Å². The quantitative estimate of drug-likeness (QED) is 0.168. The number of nitrogens with zero attached hydrogens (tertiary/aromatic N) is 2. The van der Waals surface area contributed by atoms with Gasteiger partial charge in [-0.15, -0.1) is 35.3 Å². The first-order valence-corrected chi connectivity index (χ1v) is 10.6. The average molecular weight is 499 g/mol. The van der Waals surface area contributed by atoms with Gasteiger partial charge >= 0.3 is 0 Å². The van der Waals surface area contributed by atoms with Gasteiger partial charge in [0, 0.05) is 51.2 Å². The van der Waals surface area contributed by atoms with Crippen molar-refractivity contribution in [3.63, 3.8) is 0 Å². The number of halogens is 1. The molecule has 5 nitrogen and oxygen atoms in total. The lowest BCUT2D eigenvalue weighted by atomic mass is 9.83. The molecule has 0 aromatic carbocycles. The second-order valence-electron chi connectivity index (χ2n) is 6.30. The molecule has 2 rings (SSSR count). The molecule has 0 amide bonds. The van der Waals surface area contributed by atoms with E-state index in [2.05, 4.69) is 20.6 Å². The Hall–Kier alpha value is -0.0600. The molecule has 1 fully saturated rings. The molecule has 1 aromatic rings. The summed E-state index contributed by atoms with van der Waals surface area (Å²) in [4.78, 5) is 8.64. The van der Waals surface area contributed by atoms with Gasteiger partial charge in [0.15, 0.2) is 5.96 Å². The minimum absolute atomic E-state index is 0. The van der Waals surface area contributed by atoms with Gasteiger partial charge in [-0.25, -0.2) is 4.98 Å². The third kappa shape index (κ3) is 8.45. The van der Waals surface area contributed by atoms with Gasteiger partial charge in [-0.2, -0.15) is 0 Å². The van der Waals surface area contributed by atoms with Gasteiger partial charge in [0.1, 0.15) is 4.34 Å². The molecule has 0 aliphatic heterocycles. The van der Waals surface area contributed by atoms with Crippen LogP contribution in [0.5, 0.6) is 0 Å². The molecular weight excluding hydrogens is 467 g/mol. The molecule has 0 radical (unpaired) electrons. The van der Waals surface area contributed by atoms with Crippen LogP contribution in [0.1, 0.15) is 38.5 Å². The highest BCUT2D eigenvalue weighted by molar-refractivity contribution is 14.0. The molecule has 1 aliphatic carbocycles. The van der Waals surface area contributed by atoms with Gasteiger partial charge in [-0.1, -0.05) is 24.6 Å². The van der Waals surface area contributed by atoms with Crippen LogP contribution < -0.4 is 10.6 Å². The smallest absolute Gasteiger partial charge is 0.190 e. The summed E-state index contributed by atoms with van der Waals surface area (Å²) in [6, 6.07) is 0. The molecule has 1 aromatic heterocycles. The maximum Gasteiger partial charge on any atom is 0.190 e. The van der Waals surface area contributed by atoms with Crippen molar-refractivity contribution in [1.29, 1.82) is 0 Å². The van der Waals surface area contributed by atoms with Crippen molar-refractivity contribution in [3.05, 3.63) is 11.6 Å². The van der Waals surface area contributed by atoms with Gasteiger partial charge in [-0.05, 0) is 31.1 Å². The Bertz CT molecular complexity index is 479. The zero-order chi connectivity index (χ0) is 17.1. The summed E-state index contributed by atoms with van der Waals surface area (Å²) in [6.07, 6.45) is 9.36. The van der Waals surface area contributed by atoms with Crippen LogP contribution in [0, 0.1) is 5.41 Å². The first-order chi connectivity index (χ1) is 11.8. The lowest BCUT2D eigenvalue weighted by molar-refractivity contribution is 0.138. The second-order valence-corrected chi connectivity index (χ2v) is 8.54. The summed E-state index contributed by atoms with van der Waals surface area (Å²) in [5.41, 5.74) is 0.383. The van der Waals surface area contributed by atoms with E-state index in [0.717, 1.165) is 48.6 Å². The Morgan fingerprint density at radius 2 is 2.20 bits per heavy atom. The Morgan fingerprint density at radius 1 is 1.40 bits per heavy atom. The van der Waals surface area contributed by atoms with Crippen molar-refractivity contribution in [2.24, 2.45) is 10.4 Å². The number of rotatable bonds is 10. The molecule has 0 saturated heterocycles. The molecule has 1 saturated carbocycles. The molecule has 8 heteroatoms. The highest BCUT2D eigenvalue weighted by Crippen LogP contribution is 2.40. The van der Waals surface area contributed by atoms with E-state index in [9.17, 15) is 0 Å². The van der Waals surface area contributed by atoms with Crippen molar-refractivity contribution < 1.29 is 4.74 Å². The van der Waals surface area contributed by atoms with Crippen LogP contribution in [0.4, 0.5) is 0 Å². The van der Waals surface area contributed by atoms with E-state index in [-0.39, 0.29) is 24.0 Å². The fourth-order valence-electron chi connectivity index (χ4n) is 3.17. The number of hydrogen-bond donors (Lipinski definition) is 2. The number of hydrogen-bond acceptors (Lipinski definition) is 5. The van der Waals surface area contributed by atoms with Crippen LogP contribution in [0.2, 0.25) is 0 Å². The van der Waals surface area contributed by atoms with E-state index in [4.69, 9.17) is 4.74 Å². The summed E-state index contributed by atoms with van der Waals surface area (Å²) >= 11 is 3.53. The van der Waals surface area contributed by atoms with Crippen molar-refractivity contribution >= 4 is 53.0 Å². The van der Waals surface area contributed by atoms with Crippen LogP contribution in [-0.2, 0) is 4.74 Å². The van der Waals surface area contributed by atoms with Crippen molar-refractivity contribution in [2.75, 3.05) is 39.6 Å². The van der Waals surface area contributed by atoms with Gasteiger partial charge < -0.3 is 15.4 Å². The fourth-order valence-corrected chi connectivity index (χ4v) is 4.82. The van der Waals surface area contributed by atoms with Crippen molar-refractivity contribution in [1.82, 2.24) is 15.6 Å². The molecule has 0 bridgehead atoms. The highest BCUT2D eigenvalue weighted by Gasteiger charge is 2.33. The van der Waals surface area contributed by atoms with Crippen LogP contribution in [-0.4, -0.2) is 50.6 Å². The Labute approximate surface area is 177 Å². The van der Waals surface area contributed by atoms with E-state index in [1.807, 2.05) is 30.4 Å². The molecule has 1 aliphatic rings. The molecule has 144 valence electrons. The monoisotopic (exact) mass is 498 g/mol. The summed E-state index contributed by atoms with van der Waals surface area (Å²) in [5, 5.41) is 8.98. The minimum atomic E-state index is 0.